The lowest BCUT2D eigenvalue weighted by Crippen LogP contribution is -2.39. The summed E-state index contributed by atoms with van der Waals surface area (Å²) in [5, 5.41) is 1.52. The molecule has 0 aromatic heterocycles. The van der Waals surface area contributed by atoms with E-state index in [2.05, 4.69) is 0 Å². The Bertz CT molecular complexity index is 523. The van der Waals surface area contributed by atoms with Crippen molar-refractivity contribution in [3.05, 3.63) is 40.3 Å². The standard InChI is InChI=1S/C10H11ClN2O3S/c1-8(14)12-13-17(15,16)7-6-9-2-4-10(11)5-3-9/h2-7,13H,1H3,(H,12,14)/b7-6+. The molecule has 0 aliphatic carbocycles. The zero-order chi connectivity index (χ0) is 12.9. The first-order chi connectivity index (χ1) is 7.89. The normalized spacial score (nSPS) is 11.6. The maximum absolute atomic E-state index is 11.3. The third-order valence-corrected chi connectivity index (χ3v) is 2.81. The van der Waals surface area contributed by atoms with Crippen molar-refractivity contribution in [3.63, 3.8) is 0 Å². The van der Waals surface area contributed by atoms with E-state index < -0.39 is 15.9 Å². The Morgan fingerprint density at radius 2 is 1.88 bits per heavy atom. The highest BCUT2D eigenvalue weighted by molar-refractivity contribution is 7.92. The number of sulfonamides is 1. The summed E-state index contributed by atoms with van der Waals surface area (Å²) in [6, 6.07) is 6.64. The third-order valence-electron chi connectivity index (χ3n) is 1.68. The number of amides is 1. The average Bonchev–Trinajstić information content (AvgIpc) is 2.26. The van der Waals surface area contributed by atoms with Crippen LogP contribution >= 0.6 is 11.6 Å². The van der Waals surface area contributed by atoms with Crippen molar-refractivity contribution in [3.8, 4) is 0 Å². The van der Waals surface area contributed by atoms with Crippen molar-refractivity contribution >= 4 is 33.6 Å². The van der Waals surface area contributed by atoms with E-state index >= 15 is 0 Å². The highest BCUT2D eigenvalue weighted by atomic mass is 35.5. The minimum Gasteiger partial charge on any atom is -0.278 e. The summed E-state index contributed by atoms with van der Waals surface area (Å²) in [5.41, 5.74) is 2.66. The van der Waals surface area contributed by atoms with Gasteiger partial charge in [-0.05, 0) is 23.8 Å². The Hall–Kier alpha value is -1.37. The lowest BCUT2D eigenvalue weighted by atomic mass is 10.2. The van der Waals surface area contributed by atoms with E-state index in [9.17, 15) is 13.2 Å². The molecule has 5 nitrogen and oxygen atoms in total. The van der Waals surface area contributed by atoms with Crippen LogP contribution in [0.15, 0.2) is 29.7 Å². The van der Waals surface area contributed by atoms with Gasteiger partial charge in [0, 0.05) is 17.4 Å². The quantitative estimate of drug-likeness (QED) is 0.812. The number of hydrogen-bond donors (Lipinski definition) is 2. The second-order valence-corrected chi connectivity index (χ2v) is 5.19. The average molecular weight is 275 g/mol. The lowest BCUT2D eigenvalue weighted by Gasteiger charge is -2.01. The summed E-state index contributed by atoms with van der Waals surface area (Å²) < 4.78 is 22.7. The Morgan fingerprint density at radius 1 is 1.29 bits per heavy atom. The molecular weight excluding hydrogens is 264 g/mol. The predicted octanol–water partition coefficient (Wildman–Crippen LogP) is 1.28. The fourth-order valence-electron chi connectivity index (χ4n) is 0.919. The molecular formula is C10H11ClN2O3S. The lowest BCUT2D eigenvalue weighted by molar-refractivity contribution is -0.119. The Kier molecular flexibility index (Phi) is 4.68. The summed E-state index contributed by atoms with van der Waals surface area (Å²) in [4.78, 5) is 12.4. The fraction of sp³-hybridized carbons (Fsp3) is 0.100. The van der Waals surface area contributed by atoms with Crippen molar-refractivity contribution in [2.45, 2.75) is 6.92 Å². The van der Waals surface area contributed by atoms with Gasteiger partial charge in [0.15, 0.2) is 0 Å². The molecule has 0 unspecified atom stereocenters. The molecule has 0 aliphatic heterocycles. The van der Waals surface area contributed by atoms with Gasteiger partial charge in [0.2, 0.25) is 5.91 Å². The van der Waals surface area contributed by atoms with Gasteiger partial charge in [-0.25, -0.2) is 8.42 Å². The number of carbonyl (C=O) groups excluding carboxylic acids is 1. The molecule has 1 aromatic carbocycles. The third kappa shape index (κ3) is 5.48. The van der Waals surface area contributed by atoms with Gasteiger partial charge in [0.05, 0.1) is 0 Å². The molecule has 1 rings (SSSR count). The number of hydrazine groups is 1. The van der Waals surface area contributed by atoms with E-state index in [1.54, 1.807) is 24.3 Å². The molecule has 0 atom stereocenters. The smallest absolute Gasteiger partial charge is 0.250 e. The van der Waals surface area contributed by atoms with Gasteiger partial charge in [0.1, 0.15) is 0 Å². The number of hydrogen-bond acceptors (Lipinski definition) is 3. The van der Waals surface area contributed by atoms with Crippen LogP contribution in [0.4, 0.5) is 0 Å². The molecule has 0 saturated heterocycles. The molecule has 0 radical (unpaired) electrons. The molecule has 0 spiro atoms. The van der Waals surface area contributed by atoms with Gasteiger partial charge < -0.3 is 0 Å². The summed E-state index contributed by atoms with van der Waals surface area (Å²) in [5.74, 6) is -0.492. The Balaban J connectivity index is 2.70. The molecule has 0 aliphatic rings. The first-order valence-corrected chi connectivity index (χ1v) is 6.53. The monoisotopic (exact) mass is 274 g/mol. The van der Waals surface area contributed by atoms with Crippen molar-refractivity contribution in [1.82, 2.24) is 10.3 Å². The molecule has 7 heteroatoms. The van der Waals surface area contributed by atoms with Gasteiger partial charge in [-0.2, -0.15) is 0 Å². The van der Waals surface area contributed by atoms with Crippen LogP contribution in [0.5, 0.6) is 0 Å². The highest BCUT2D eigenvalue weighted by Crippen LogP contribution is 2.10. The van der Waals surface area contributed by atoms with Crippen molar-refractivity contribution in [2.24, 2.45) is 0 Å². The number of halogens is 1. The molecule has 0 bridgehead atoms. The number of rotatable bonds is 4. The predicted molar refractivity (Wildman–Crippen MR) is 66.4 cm³/mol. The molecule has 0 saturated carbocycles. The maximum atomic E-state index is 11.3. The van der Waals surface area contributed by atoms with E-state index in [1.165, 1.54) is 13.0 Å². The molecule has 1 amide bonds. The minimum atomic E-state index is -3.68. The zero-order valence-electron chi connectivity index (χ0n) is 8.98. The molecule has 1 aromatic rings. The Morgan fingerprint density at radius 3 is 2.41 bits per heavy atom. The Labute approximate surface area is 104 Å². The van der Waals surface area contributed by atoms with Crippen LogP contribution in [0, 0.1) is 0 Å². The van der Waals surface area contributed by atoms with E-state index in [0.29, 0.717) is 10.6 Å². The first-order valence-electron chi connectivity index (χ1n) is 4.61. The highest BCUT2D eigenvalue weighted by Gasteiger charge is 2.04. The molecule has 2 N–H and O–H groups in total. The van der Waals surface area contributed by atoms with Crippen LogP contribution in [-0.2, 0) is 14.8 Å². The largest absolute Gasteiger partial charge is 0.278 e. The van der Waals surface area contributed by atoms with Crippen LogP contribution in [0.3, 0.4) is 0 Å². The van der Waals surface area contributed by atoms with Crippen LogP contribution in [0.25, 0.3) is 6.08 Å². The summed E-state index contributed by atoms with van der Waals surface area (Å²) in [6.45, 7) is 1.20. The fourth-order valence-corrected chi connectivity index (χ4v) is 1.74. The van der Waals surface area contributed by atoms with Gasteiger partial charge in [0.25, 0.3) is 10.0 Å². The molecule has 17 heavy (non-hydrogen) atoms. The topological polar surface area (TPSA) is 75.3 Å². The number of carbonyl (C=O) groups is 1. The van der Waals surface area contributed by atoms with Crippen molar-refractivity contribution < 1.29 is 13.2 Å². The minimum absolute atomic E-state index is 0.492. The second kappa shape index (κ2) is 5.81. The van der Waals surface area contributed by atoms with Gasteiger partial charge in [-0.15, -0.1) is 4.83 Å². The maximum Gasteiger partial charge on any atom is 0.250 e. The van der Waals surface area contributed by atoms with E-state index in [1.807, 2.05) is 10.3 Å². The van der Waals surface area contributed by atoms with E-state index in [0.717, 1.165) is 5.41 Å². The van der Waals surface area contributed by atoms with Crippen molar-refractivity contribution in [1.29, 1.82) is 0 Å². The molecule has 0 fully saturated rings. The van der Waals surface area contributed by atoms with Gasteiger partial charge >= 0.3 is 0 Å². The number of benzene rings is 1. The second-order valence-electron chi connectivity index (χ2n) is 3.18. The van der Waals surface area contributed by atoms with Crippen LogP contribution in [0.2, 0.25) is 5.02 Å². The van der Waals surface area contributed by atoms with Gasteiger partial charge in [-0.1, -0.05) is 23.7 Å². The molecule has 92 valence electrons. The van der Waals surface area contributed by atoms with E-state index in [4.69, 9.17) is 11.6 Å². The van der Waals surface area contributed by atoms with Crippen LogP contribution in [0.1, 0.15) is 12.5 Å². The summed E-state index contributed by atoms with van der Waals surface area (Å²) in [6.07, 6.45) is 1.39. The van der Waals surface area contributed by atoms with E-state index in [-0.39, 0.29) is 0 Å². The van der Waals surface area contributed by atoms with Crippen LogP contribution < -0.4 is 10.3 Å². The molecule has 0 heterocycles. The van der Waals surface area contributed by atoms with Crippen LogP contribution in [-0.4, -0.2) is 14.3 Å². The van der Waals surface area contributed by atoms with Crippen molar-refractivity contribution in [2.75, 3.05) is 0 Å². The first kappa shape index (κ1) is 13.7. The summed E-state index contributed by atoms with van der Waals surface area (Å²) in [7, 11) is -3.68. The number of nitrogens with one attached hydrogen (secondary N) is 2. The zero-order valence-corrected chi connectivity index (χ0v) is 10.5. The van der Waals surface area contributed by atoms with Gasteiger partial charge in [-0.3, -0.25) is 10.2 Å². The summed E-state index contributed by atoms with van der Waals surface area (Å²) >= 11 is 5.68. The SMILES string of the molecule is CC(=O)NNS(=O)(=O)/C=C/c1ccc(Cl)cc1.